The number of hydrogen-bond acceptors (Lipinski definition) is 3. The minimum Gasteiger partial charge on any atom is -0.370 e. The second-order valence-corrected chi connectivity index (χ2v) is 2.07. The normalized spacial score (nSPS) is 9.78. The van der Waals surface area contributed by atoms with Crippen molar-refractivity contribution in [1.29, 1.82) is 0 Å². The van der Waals surface area contributed by atoms with E-state index in [0.29, 0.717) is 6.54 Å². The third-order valence-corrected chi connectivity index (χ3v) is 0.789. The quantitative estimate of drug-likeness (QED) is 0.573. The van der Waals surface area contributed by atoms with Gasteiger partial charge in [-0.2, -0.15) is 5.48 Å². The molecule has 0 aliphatic carbocycles. The molecule has 0 rings (SSSR count). The molecule has 0 spiro atoms. The summed E-state index contributed by atoms with van der Waals surface area (Å²) >= 11 is 0. The summed E-state index contributed by atoms with van der Waals surface area (Å²) in [5.41, 5.74) is 2.48. The highest BCUT2D eigenvalue weighted by Gasteiger charge is 2.06. The molecule has 0 fully saturated rings. The fourth-order valence-electron chi connectivity index (χ4n) is 0.261. The van der Waals surface area contributed by atoms with E-state index in [0.717, 1.165) is 0 Å². The van der Waals surface area contributed by atoms with Gasteiger partial charge in [-0.3, -0.25) is 4.79 Å². The fraction of sp³-hybridized carbons (Fsp3) is 0.833. The van der Waals surface area contributed by atoms with Gasteiger partial charge in [0, 0.05) is 6.54 Å². The van der Waals surface area contributed by atoms with E-state index in [1.165, 1.54) is 0 Å². The number of hydroxylamine groups is 1. The van der Waals surface area contributed by atoms with Crippen LogP contribution in [0.4, 0.5) is 0 Å². The molecule has 0 amide bonds. The molecule has 9 heavy (non-hydrogen) atoms. The van der Waals surface area contributed by atoms with Crippen LogP contribution >= 0.6 is 0 Å². The molecule has 3 nitrogen and oxygen atoms in total. The summed E-state index contributed by atoms with van der Waals surface area (Å²) in [6.07, 6.45) is 0. The first kappa shape index (κ1) is 8.43. The summed E-state index contributed by atoms with van der Waals surface area (Å²) in [5.74, 6) is -0.263. The Morgan fingerprint density at radius 2 is 2.22 bits per heavy atom. The highest BCUT2D eigenvalue weighted by atomic mass is 16.7. The van der Waals surface area contributed by atoms with Crippen LogP contribution in [0.1, 0.15) is 20.8 Å². The molecule has 0 aliphatic rings. The summed E-state index contributed by atoms with van der Waals surface area (Å²) in [6, 6.07) is 0. The summed E-state index contributed by atoms with van der Waals surface area (Å²) in [4.78, 5) is 15.2. The van der Waals surface area contributed by atoms with Gasteiger partial charge in [-0.25, -0.2) is 0 Å². The second-order valence-electron chi connectivity index (χ2n) is 2.07. The second kappa shape index (κ2) is 4.32. The maximum Gasteiger partial charge on any atom is 0.327 e. The van der Waals surface area contributed by atoms with E-state index in [2.05, 4.69) is 10.3 Å². The lowest BCUT2D eigenvalue weighted by molar-refractivity contribution is -0.154. The van der Waals surface area contributed by atoms with Crippen LogP contribution < -0.4 is 5.48 Å². The van der Waals surface area contributed by atoms with Crippen molar-refractivity contribution in [2.45, 2.75) is 20.8 Å². The van der Waals surface area contributed by atoms with Crippen LogP contribution in [0.2, 0.25) is 0 Å². The van der Waals surface area contributed by atoms with Crippen molar-refractivity contribution in [1.82, 2.24) is 5.48 Å². The van der Waals surface area contributed by atoms with Crippen LogP contribution in [-0.4, -0.2) is 12.5 Å². The molecule has 0 aromatic heterocycles. The topological polar surface area (TPSA) is 38.3 Å². The van der Waals surface area contributed by atoms with E-state index in [-0.39, 0.29) is 11.9 Å². The first-order chi connectivity index (χ1) is 4.18. The third-order valence-electron chi connectivity index (χ3n) is 0.789. The maximum atomic E-state index is 10.6. The van der Waals surface area contributed by atoms with Crippen LogP contribution in [-0.2, 0) is 9.63 Å². The minimum atomic E-state index is -0.211. The SMILES string of the molecule is CCNOC(=O)C(C)C. The molecule has 0 atom stereocenters. The number of nitrogens with one attached hydrogen (secondary N) is 1. The lowest BCUT2D eigenvalue weighted by Gasteiger charge is -2.04. The van der Waals surface area contributed by atoms with E-state index in [4.69, 9.17) is 0 Å². The molecule has 0 aliphatic heterocycles. The maximum absolute atomic E-state index is 10.6. The van der Waals surface area contributed by atoms with Crippen LogP contribution in [0.5, 0.6) is 0 Å². The molecule has 0 aromatic carbocycles. The Balaban J connectivity index is 3.28. The van der Waals surface area contributed by atoms with Crippen LogP contribution in [0.3, 0.4) is 0 Å². The number of hydrogen-bond donors (Lipinski definition) is 1. The predicted octanol–water partition coefficient (Wildman–Crippen LogP) is 0.710. The van der Waals surface area contributed by atoms with Crippen LogP contribution in [0.25, 0.3) is 0 Å². The molecule has 3 heteroatoms. The smallest absolute Gasteiger partial charge is 0.327 e. The van der Waals surface area contributed by atoms with Crippen LogP contribution in [0.15, 0.2) is 0 Å². The van der Waals surface area contributed by atoms with Gasteiger partial charge in [-0.1, -0.05) is 13.8 Å². The van der Waals surface area contributed by atoms with Crippen molar-refractivity contribution in [3.63, 3.8) is 0 Å². The Morgan fingerprint density at radius 1 is 1.67 bits per heavy atom. The van der Waals surface area contributed by atoms with Crippen molar-refractivity contribution in [3.8, 4) is 0 Å². The van der Waals surface area contributed by atoms with Gasteiger partial charge >= 0.3 is 5.97 Å². The molecule has 0 radical (unpaired) electrons. The average Bonchev–Trinajstić information content (AvgIpc) is 1.82. The Kier molecular flexibility index (Phi) is 4.05. The fourth-order valence-corrected chi connectivity index (χ4v) is 0.261. The van der Waals surface area contributed by atoms with E-state index < -0.39 is 0 Å². The summed E-state index contributed by atoms with van der Waals surface area (Å²) < 4.78 is 0. The Hall–Kier alpha value is -0.570. The number of carbonyl (C=O) groups excluding carboxylic acids is 1. The van der Waals surface area contributed by atoms with E-state index >= 15 is 0 Å². The molecule has 0 unspecified atom stereocenters. The Labute approximate surface area is 55.3 Å². The van der Waals surface area contributed by atoms with Gasteiger partial charge in [-0.15, -0.1) is 0 Å². The average molecular weight is 131 g/mol. The van der Waals surface area contributed by atoms with Gasteiger partial charge in [0.25, 0.3) is 0 Å². The van der Waals surface area contributed by atoms with Crippen LogP contribution in [0, 0.1) is 5.92 Å². The molecular formula is C6H13NO2. The molecule has 1 N–H and O–H groups in total. The molecule has 0 saturated heterocycles. The largest absolute Gasteiger partial charge is 0.370 e. The third kappa shape index (κ3) is 3.97. The highest BCUT2D eigenvalue weighted by molar-refractivity contribution is 5.71. The van der Waals surface area contributed by atoms with E-state index in [9.17, 15) is 4.79 Å². The lowest BCUT2D eigenvalue weighted by Crippen LogP contribution is -2.22. The lowest BCUT2D eigenvalue weighted by atomic mass is 10.2. The van der Waals surface area contributed by atoms with Gasteiger partial charge in [0.15, 0.2) is 0 Å². The summed E-state index contributed by atoms with van der Waals surface area (Å²) in [7, 11) is 0. The minimum absolute atomic E-state index is 0.0518. The summed E-state index contributed by atoms with van der Waals surface area (Å²) in [5, 5.41) is 0. The predicted molar refractivity (Wildman–Crippen MR) is 34.6 cm³/mol. The van der Waals surface area contributed by atoms with Gasteiger partial charge in [-0.05, 0) is 6.92 Å². The van der Waals surface area contributed by atoms with Gasteiger partial charge in [0.1, 0.15) is 0 Å². The zero-order chi connectivity index (χ0) is 7.28. The first-order valence-corrected chi connectivity index (χ1v) is 3.12. The number of rotatable bonds is 3. The molecule has 0 saturated carbocycles. The zero-order valence-electron chi connectivity index (χ0n) is 6.10. The van der Waals surface area contributed by atoms with Crippen molar-refractivity contribution in [3.05, 3.63) is 0 Å². The van der Waals surface area contributed by atoms with Gasteiger partial charge < -0.3 is 4.84 Å². The van der Waals surface area contributed by atoms with E-state index in [1.807, 2.05) is 6.92 Å². The summed E-state index contributed by atoms with van der Waals surface area (Å²) in [6.45, 7) is 6.10. The van der Waals surface area contributed by atoms with Crippen molar-refractivity contribution in [2.75, 3.05) is 6.54 Å². The Bertz CT molecular complexity index is 91.1. The first-order valence-electron chi connectivity index (χ1n) is 3.12. The molecule has 0 bridgehead atoms. The Morgan fingerprint density at radius 3 is 2.56 bits per heavy atom. The molecule has 54 valence electrons. The molecule has 0 aromatic rings. The standard InChI is InChI=1S/C6H13NO2/c1-4-7-9-6(8)5(2)3/h5,7H,4H2,1-3H3. The number of carbonyl (C=O) groups is 1. The van der Waals surface area contributed by atoms with Crippen molar-refractivity contribution >= 4 is 5.97 Å². The van der Waals surface area contributed by atoms with Gasteiger partial charge in [0.05, 0.1) is 5.92 Å². The van der Waals surface area contributed by atoms with Crippen molar-refractivity contribution in [2.24, 2.45) is 5.92 Å². The van der Waals surface area contributed by atoms with Gasteiger partial charge in [0.2, 0.25) is 0 Å². The zero-order valence-corrected chi connectivity index (χ0v) is 6.10. The molecule has 0 heterocycles. The van der Waals surface area contributed by atoms with Crippen molar-refractivity contribution < 1.29 is 9.63 Å². The monoisotopic (exact) mass is 131 g/mol. The highest BCUT2D eigenvalue weighted by Crippen LogP contribution is 1.92. The van der Waals surface area contributed by atoms with E-state index in [1.54, 1.807) is 13.8 Å². The molecular weight excluding hydrogens is 118 g/mol.